The van der Waals surface area contributed by atoms with Crippen LogP contribution in [0.3, 0.4) is 0 Å². The van der Waals surface area contributed by atoms with Crippen LogP contribution >= 0.6 is 0 Å². The predicted molar refractivity (Wildman–Crippen MR) is 65.6 cm³/mol. The first-order valence-electron chi connectivity index (χ1n) is 6.01. The average molecular weight is 233 g/mol. The second-order valence-corrected chi connectivity index (χ2v) is 5.64. The minimum atomic E-state index is -0.234. The fraction of sp³-hybridized carbons (Fsp3) is 0.571. The number of carbonyl (C=O) groups excluding carboxylic acids is 1. The zero-order valence-electron chi connectivity index (χ0n) is 10.9. The molecule has 1 aliphatic rings. The molecule has 0 bridgehead atoms. The Hall–Kier alpha value is -1.38. The molecule has 92 valence electrons. The van der Waals surface area contributed by atoms with Gasteiger partial charge in [0.1, 0.15) is 6.10 Å². The van der Waals surface area contributed by atoms with Gasteiger partial charge < -0.3 is 4.74 Å². The highest BCUT2D eigenvalue weighted by molar-refractivity contribution is 5.66. The third kappa shape index (κ3) is 2.65. The zero-order valence-corrected chi connectivity index (χ0v) is 10.9. The fourth-order valence-corrected chi connectivity index (χ4v) is 2.52. The standard InChI is InChI=1S/C14H19NO2/c1-9-5-6-11-7-14(3,4)8-12(13(11)15-9)17-10(2)16/h5-6,12H,7-8H2,1-4H3. The molecule has 0 saturated carbocycles. The molecule has 0 radical (unpaired) electrons. The largest absolute Gasteiger partial charge is 0.456 e. The molecule has 0 amide bonds. The van der Waals surface area contributed by atoms with Crippen LogP contribution in [0.2, 0.25) is 0 Å². The number of fused-ring (bicyclic) bond motifs is 1. The fourth-order valence-electron chi connectivity index (χ4n) is 2.52. The molecule has 3 nitrogen and oxygen atoms in total. The van der Waals surface area contributed by atoms with E-state index < -0.39 is 0 Å². The van der Waals surface area contributed by atoms with Crippen LogP contribution in [0, 0.1) is 12.3 Å². The number of aryl methyl sites for hydroxylation is 1. The Morgan fingerprint density at radius 1 is 1.47 bits per heavy atom. The summed E-state index contributed by atoms with van der Waals surface area (Å²) in [6, 6.07) is 4.13. The van der Waals surface area contributed by atoms with Gasteiger partial charge in [0.15, 0.2) is 0 Å². The van der Waals surface area contributed by atoms with Crippen LogP contribution in [0.25, 0.3) is 0 Å². The van der Waals surface area contributed by atoms with Gasteiger partial charge in [0, 0.05) is 12.6 Å². The molecule has 1 aromatic rings. The minimum Gasteiger partial charge on any atom is -0.456 e. The number of hydrogen-bond acceptors (Lipinski definition) is 3. The van der Waals surface area contributed by atoms with Crippen LogP contribution in [0.4, 0.5) is 0 Å². The highest BCUT2D eigenvalue weighted by Crippen LogP contribution is 2.41. The first kappa shape index (κ1) is 12.1. The summed E-state index contributed by atoms with van der Waals surface area (Å²) in [5.74, 6) is -0.234. The number of hydrogen-bond donors (Lipinski definition) is 0. The second-order valence-electron chi connectivity index (χ2n) is 5.64. The van der Waals surface area contributed by atoms with E-state index in [2.05, 4.69) is 24.9 Å². The summed E-state index contributed by atoms with van der Waals surface area (Å²) in [5.41, 5.74) is 3.28. The molecule has 0 spiro atoms. The summed E-state index contributed by atoms with van der Waals surface area (Å²) in [6.07, 6.45) is 1.65. The number of ether oxygens (including phenoxy) is 1. The Bertz CT molecular complexity index is 452. The van der Waals surface area contributed by atoms with Gasteiger partial charge in [0.2, 0.25) is 0 Å². The van der Waals surface area contributed by atoms with Crippen LogP contribution in [-0.4, -0.2) is 11.0 Å². The predicted octanol–water partition coefficient (Wildman–Crippen LogP) is 2.97. The average Bonchev–Trinajstić information content (AvgIpc) is 2.17. The molecule has 0 saturated heterocycles. The molecule has 1 aromatic heterocycles. The van der Waals surface area contributed by atoms with Gasteiger partial charge in [-0.15, -0.1) is 0 Å². The van der Waals surface area contributed by atoms with Crippen molar-refractivity contribution in [2.75, 3.05) is 0 Å². The Labute approximate surface area is 102 Å². The van der Waals surface area contributed by atoms with Gasteiger partial charge in [0.25, 0.3) is 0 Å². The molecule has 3 heteroatoms. The van der Waals surface area contributed by atoms with Gasteiger partial charge in [-0.05, 0) is 36.8 Å². The van der Waals surface area contributed by atoms with Crippen LogP contribution < -0.4 is 0 Å². The van der Waals surface area contributed by atoms with Crippen LogP contribution in [0.5, 0.6) is 0 Å². The third-order valence-corrected chi connectivity index (χ3v) is 3.17. The topological polar surface area (TPSA) is 39.2 Å². The lowest BCUT2D eigenvalue weighted by Gasteiger charge is -2.35. The van der Waals surface area contributed by atoms with E-state index >= 15 is 0 Å². The maximum Gasteiger partial charge on any atom is 0.303 e. The van der Waals surface area contributed by atoms with Gasteiger partial charge in [-0.2, -0.15) is 0 Å². The molecule has 0 aliphatic heterocycles. The highest BCUT2D eigenvalue weighted by atomic mass is 16.5. The molecule has 0 aromatic carbocycles. The lowest BCUT2D eigenvalue weighted by atomic mass is 9.74. The van der Waals surface area contributed by atoms with Gasteiger partial charge in [0.05, 0.1) is 5.69 Å². The molecule has 1 heterocycles. The maximum absolute atomic E-state index is 11.2. The maximum atomic E-state index is 11.2. The smallest absolute Gasteiger partial charge is 0.303 e. The van der Waals surface area contributed by atoms with E-state index in [1.54, 1.807) is 0 Å². The molecular formula is C14H19NO2. The number of aromatic nitrogens is 1. The van der Waals surface area contributed by atoms with E-state index in [4.69, 9.17) is 4.74 Å². The third-order valence-electron chi connectivity index (χ3n) is 3.17. The van der Waals surface area contributed by atoms with Crippen molar-refractivity contribution in [2.45, 2.75) is 46.6 Å². The Kier molecular flexibility index (Phi) is 2.94. The summed E-state index contributed by atoms with van der Waals surface area (Å²) in [4.78, 5) is 15.7. The van der Waals surface area contributed by atoms with Gasteiger partial charge in [-0.25, -0.2) is 0 Å². The number of nitrogens with zero attached hydrogens (tertiary/aromatic N) is 1. The number of rotatable bonds is 1. The van der Waals surface area contributed by atoms with Crippen LogP contribution in [-0.2, 0) is 16.0 Å². The van der Waals surface area contributed by atoms with E-state index in [0.717, 1.165) is 24.2 Å². The summed E-state index contributed by atoms with van der Waals surface area (Å²) in [6.45, 7) is 7.82. The molecule has 2 rings (SSSR count). The summed E-state index contributed by atoms with van der Waals surface area (Å²) in [5, 5.41) is 0. The quantitative estimate of drug-likeness (QED) is 0.700. The van der Waals surface area contributed by atoms with Crippen molar-refractivity contribution >= 4 is 5.97 Å². The number of esters is 1. The van der Waals surface area contributed by atoms with Crippen LogP contribution in [0.1, 0.15) is 50.2 Å². The molecule has 17 heavy (non-hydrogen) atoms. The van der Waals surface area contributed by atoms with Gasteiger partial charge >= 0.3 is 5.97 Å². The van der Waals surface area contributed by atoms with E-state index in [1.807, 2.05) is 13.0 Å². The van der Waals surface area contributed by atoms with Crippen molar-refractivity contribution in [2.24, 2.45) is 5.41 Å². The van der Waals surface area contributed by atoms with Crippen molar-refractivity contribution in [3.63, 3.8) is 0 Å². The molecule has 0 N–H and O–H groups in total. The van der Waals surface area contributed by atoms with E-state index in [0.29, 0.717) is 0 Å². The number of carbonyl (C=O) groups is 1. The Balaban J connectivity index is 2.40. The molecular weight excluding hydrogens is 214 g/mol. The lowest BCUT2D eigenvalue weighted by molar-refractivity contribution is -0.149. The first-order chi connectivity index (χ1) is 7.87. The van der Waals surface area contributed by atoms with Crippen molar-refractivity contribution < 1.29 is 9.53 Å². The van der Waals surface area contributed by atoms with Gasteiger partial charge in [-0.1, -0.05) is 19.9 Å². The normalized spacial score (nSPS) is 21.8. The number of pyridine rings is 1. The van der Waals surface area contributed by atoms with Crippen molar-refractivity contribution in [3.05, 3.63) is 29.1 Å². The Morgan fingerprint density at radius 2 is 2.18 bits per heavy atom. The van der Waals surface area contributed by atoms with Crippen molar-refractivity contribution in [1.29, 1.82) is 0 Å². The van der Waals surface area contributed by atoms with Crippen molar-refractivity contribution in [1.82, 2.24) is 4.98 Å². The van der Waals surface area contributed by atoms with E-state index in [-0.39, 0.29) is 17.5 Å². The Morgan fingerprint density at radius 3 is 2.82 bits per heavy atom. The summed E-state index contributed by atoms with van der Waals surface area (Å²) >= 11 is 0. The zero-order chi connectivity index (χ0) is 12.6. The van der Waals surface area contributed by atoms with Crippen LogP contribution in [0.15, 0.2) is 12.1 Å². The summed E-state index contributed by atoms with van der Waals surface area (Å²) in [7, 11) is 0. The highest BCUT2D eigenvalue weighted by Gasteiger charge is 2.34. The molecule has 1 unspecified atom stereocenters. The minimum absolute atomic E-state index is 0.157. The first-order valence-corrected chi connectivity index (χ1v) is 6.01. The van der Waals surface area contributed by atoms with Gasteiger partial charge in [-0.3, -0.25) is 9.78 Å². The lowest BCUT2D eigenvalue weighted by Crippen LogP contribution is -2.29. The van der Waals surface area contributed by atoms with E-state index in [1.165, 1.54) is 12.5 Å². The summed E-state index contributed by atoms with van der Waals surface area (Å²) < 4.78 is 5.41. The van der Waals surface area contributed by atoms with E-state index in [9.17, 15) is 4.79 Å². The monoisotopic (exact) mass is 233 g/mol. The molecule has 1 atom stereocenters. The molecule has 1 aliphatic carbocycles. The molecule has 0 fully saturated rings. The van der Waals surface area contributed by atoms with Crippen molar-refractivity contribution in [3.8, 4) is 0 Å². The second kappa shape index (κ2) is 4.13. The SMILES string of the molecule is CC(=O)OC1CC(C)(C)Cc2ccc(C)nc21.